The van der Waals surface area contributed by atoms with Crippen LogP contribution in [0.5, 0.6) is 0 Å². The number of likely N-dealkylation sites (tertiary alicyclic amines) is 1. The van der Waals surface area contributed by atoms with Crippen molar-refractivity contribution in [1.82, 2.24) is 19.7 Å². The van der Waals surface area contributed by atoms with E-state index >= 15 is 0 Å². The lowest BCUT2D eigenvalue weighted by Crippen LogP contribution is -2.39. The standard InChI is InChI=1S/C18H26N4OS/c1-15-19-16(2)22(20-15)14-17-7-6-10-21(13-17)11-12-24(23)18-8-4-3-5-9-18/h3-5,8-9,17H,6-7,10-14H2,1-2H3/t17-,24+/m0/s1. The van der Waals surface area contributed by atoms with Gasteiger partial charge in [-0.05, 0) is 51.3 Å². The van der Waals surface area contributed by atoms with Crippen LogP contribution in [0.15, 0.2) is 35.2 Å². The molecular weight excluding hydrogens is 320 g/mol. The van der Waals surface area contributed by atoms with Crippen LogP contribution in [0.3, 0.4) is 0 Å². The number of benzene rings is 1. The van der Waals surface area contributed by atoms with Gasteiger partial charge < -0.3 is 4.90 Å². The lowest BCUT2D eigenvalue weighted by atomic mass is 9.98. The predicted molar refractivity (Wildman–Crippen MR) is 96.4 cm³/mol. The van der Waals surface area contributed by atoms with Gasteiger partial charge in [0.2, 0.25) is 0 Å². The third-order valence-corrected chi connectivity index (χ3v) is 5.95. The summed E-state index contributed by atoms with van der Waals surface area (Å²) >= 11 is 0. The lowest BCUT2D eigenvalue weighted by Gasteiger charge is -2.32. The summed E-state index contributed by atoms with van der Waals surface area (Å²) in [6.45, 7) is 7.96. The van der Waals surface area contributed by atoms with E-state index in [0.29, 0.717) is 11.7 Å². The second-order valence-corrected chi connectivity index (χ2v) is 8.13. The highest BCUT2D eigenvalue weighted by atomic mass is 32.2. The zero-order chi connectivity index (χ0) is 16.9. The molecule has 0 saturated carbocycles. The fraction of sp³-hybridized carbons (Fsp3) is 0.556. The molecule has 6 heteroatoms. The molecule has 0 radical (unpaired) electrons. The maximum absolute atomic E-state index is 12.4. The van der Waals surface area contributed by atoms with Gasteiger partial charge >= 0.3 is 0 Å². The molecule has 0 bridgehead atoms. The number of hydrogen-bond donors (Lipinski definition) is 0. The molecule has 0 aliphatic carbocycles. The number of rotatable bonds is 6. The molecule has 0 N–H and O–H groups in total. The van der Waals surface area contributed by atoms with Crippen molar-refractivity contribution in [3.8, 4) is 0 Å². The van der Waals surface area contributed by atoms with Crippen LogP contribution in [-0.2, 0) is 17.3 Å². The Morgan fingerprint density at radius 3 is 2.75 bits per heavy atom. The summed E-state index contributed by atoms with van der Waals surface area (Å²) in [4.78, 5) is 7.77. The molecule has 1 saturated heterocycles. The molecule has 0 spiro atoms. The summed E-state index contributed by atoms with van der Waals surface area (Å²) in [6, 6.07) is 9.76. The van der Waals surface area contributed by atoms with Crippen molar-refractivity contribution in [2.75, 3.05) is 25.4 Å². The smallest absolute Gasteiger partial charge is 0.147 e. The number of piperidine rings is 1. The van der Waals surface area contributed by atoms with Crippen molar-refractivity contribution in [3.63, 3.8) is 0 Å². The highest BCUT2D eigenvalue weighted by Gasteiger charge is 2.21. The Kier molecular flexibility index (Phi) is 5.79. The largest absolute Gasteiger partial charge is 0.302 e. The van der Waals surface area contributed by atoms with E-state index in [0.717, 1.165) is 42.7 Å². The van der Waals surface area contributed by atoms with E-state index in [-0.39, 0.29) is 0 Å². The molecule has 1 aromatic heterocycles. The molecule has 0 unspecified atom stereocenters. The van der Waals surface area contributed by atoms with Gasteiger partial charge in [-0.2, -0.15) is 5.10 Å². The van der Waals surface area contributed by atoms with Gasteiger partial charge in [-0.1, -0.05) is 18.2 Å². The number of aromatic nitrogens is 3. The Bertz CT molecular complexity index is 686. The van der Waals surface area contributed by atoms with Gasteiger partial charge in [0, 0.05) is 30.3 Å². The first-order valence-electron chi connectivity index (χ1n) is 8.65. The first-order valence-corrected chi connectivity index (χ1v) is 9.97. The molecule has 3 rings (SSSR count). The number of hydrogen-bond acceptors (Lipinski definition) is 4. The summed E-state index contributed by atoms with van der Waals surface area (Å²) < 4.78 is 14.4. The van der Waals surface area contributed by atoms with Gasteiger partial charge in [0.15, 0.2) is 0 Å². The SMILES string of the molecule is Cc1nc(C)n(C[C@H]2CCCN(CC[S@@](=O)c3ccccc3)C2)n1. The molecule has 2 atom stereocenters. The minimum Gasteiger partial charge on any atom is -0.302 e. The van der Waals surface area contributed by atoms with Gasteiger partial charge in [-0.25, -0.2) is 9.67 Å². The second-order valence-electron chi connectivity index (χ2n) is 6.56. The molecular formula is C18H26N4OS. The van der Waals surface area contributed by atoms with Crippen LogP contribution in [0.1, 0.15) is 24.5 Å². The molecule has 1 aliphatic rings. The highest BCUT2D eigenvalue weighted by Crippen LogP contribution is 2.19. The molecule has 2 aromatic rings. The Hall–Kier alpha value is -1.53. The summed E-state index contributed by atoms with van der Waals surface area (Å²) in [5.41, 5.74) is 0. The van der Waals surface area contributed by atoms with Crippen molar-refractivity contribution in [2.45, 2.75) is 38.1 Å². The van der Waals surface area contributed by atoms with Crippen molar-refractivity contribution in [3.05, 3.63) is 42.0 Å². The molecule has 2 heterocycles. The van der Waals surface area contributed by atoms with Gasteiger partial charge in [0.05, 0.1) is 10.8 Å². The molecule has 130 valence electrons. The van der Waals surface area contributed by atoms with E-state index in [1.165, 1.54) is 12.8 Å². The third kappa shape index (κ3) is 4.51. The maximum Gasteiger partial charge on any atom is 0.147 e. The normalized spacial score (nSPS) is 20.2. The van der Waals surface area contributed by atoms with Crippen molar-refractivity contribution >= 4 is 10.8 Å². The van der Waals surface area contributed by atoms with Crippen LogP contribution in [0.2, 0.25) is 0 Å². The van der Waals surface area contributed by atoms with Crippen LogP contribution in [-0.4, -0.2) is 49.3 Å². The topological polar surface area (TPSA) is 51.0 Å². The summed E-state index contributed by atoms with van der Waals surface area (Å²) in [5.74, 6) is 3.15. The monoisotopic (exact) mass is 346 g/mol. The van der Waals surface area contributed by atoms with Crippen LogP contribution in [0, 0.1) is 19.8 Å². The van der Waals surface area contributed by atoms with Gasteiger partial charge in [-0.3, -0.25) is 4.21 Å². The van der Waals surface area contributed by atoms with Crippen molar-refractivity contribution in [2.24, 2.45) is 5.92 Å². The molecule has 1 fully saturated rings. The van der Waals surface area contributed by atoms with E-state index in [1.54, 1.807) is 0 Å². The average Bonchev–Trinajstić information content (AvgIpc) is 2.91. The Labute approximate surface area is 146 Å². The number of nitrogens with zero attached hydrogens (tertiary/aromatic N) is 4. The van der Waals surface area contributed by atoms with E-state index in [4.69, 9.17) is 0 Å². The minimum absolute atomic E-state index is 0.601. The van der Waals surface area contributed by atoms with Crippen LogP contribution in [0.4, 0.5) is 0 Å². The molecule has 1 aliphatic heterocycles. The zero-order valence-corrected chi connectivity index (χ0v) is 15.3. The Balaban J connectivity index is 1.50. The van der Waals surface area contributed by atoms with Gasteiger partial charge in [-0.15, -0.1) is 0 Å². The van der Waals surface area contributed by atoms with Crippen LogP contribution < -0.4 is 0 Å². The summed E-state index contributed by atoms with van der Waals surface area (Å²) in [7, 11) is -0.904. The van der Waals surface area contributed by atoms with E-state index in [9.17, 15) is 4.21 Å². The fourth-order valence-electron chi connectivity index (χ4n) is 3.38. The zero-order valence-electron chi connectivity index (χ0n) is 14.5. The molecule has 1 aromatic carbocycles. The Morgan fingerprint density at radius 1 is 1.25 bits per heavy atom. The molecule has 5 nitrogen and oxygen atoms in total. The van der Waals surface area contributed by atoms with Crippen LogP contribution >= 0.6 is 0 Å². The quantitative estimate of drug-likeness (QED) is 0.806. The molecule has 0 amide bonds. The van der Waals surface area contributed by atoms with Gasteiger partial charge in [0.25, 0.3) is 0 Å². The van der Waals surface area contributed by atoms with Crippen molar-refractivity contribution in [1.29, 1.82) is 0 Å². The lowest BCUT2D eigenvalue weighted by molar-refractivity contribution is 0.167. The Morgan fingerprint density at radius 2 is 2.04 bits per heavy atom. The summed E-state index contributed by atoms with van der Waals surface area (Å²) in [6.07, 6.45) is 2.44. The maximum atomic E-state index is 12.4. The first kappa shape index (κ1) is 17.3. The first-order chi connectivity index (χ1) is 11.6. The van der Waals surface area contributed by atoms with E-state index in [1.807, 2.05) is 48.9 Å². The average molecular weight is 346 g/mol. The number of aryl methyl sites for hydroxylation is 2. The fourth-order valence-corrected chi connectivity index (χ4v) is 4.50. The predicted octanol–water partition coefficient (Wildman–Crippen LogP) is 2.41. The molecule has 24 heavy (non-hydrogen) atoms. The third-order valence-electron chi connectivity index (χ3n) is 4.60. The second kappa shape index (κ2) is 8.03. The van der Waals surface area contributed by atoms with Gasteiger partial charge in [0.1, 0.15) is 11.6 Å². The minimum atomic E-state index is -0.904. The van der Waals surface area contributed by atoms with E-state index < -0.39 is 10.8 Å². The van der Waals surface area contributed by atoms with E-state index in [2.05, 4.69) is 15.0 Å². The highest BCUT2D eigenvalue weighted by molar-refractivity contribution is 7.85. The summed E-state index contributed by atoms with van der Waals surface area (Å²) in [5, 5.41) is 4.48. The van der Waals surface area contributed by atoms with Crippen molar-refractivity contribution < 1.29 is 4.21 Å². The van der Waals surface area contributed by atoms with Crippen LogP contribution in [0.25, 0.3) is 0 Å².